The molecule has 1 aliphatic rings. The van der Waals surface area contributed by atoms with Crippen LogP contribution < -0.4 is 16.0 Å². The van der Waals surface area contributed by atoms with E-state index in [0.717, 1.165) is 42.0 Å². The summed E-state index contributed by atoms with van der Waals surface area (Å²) in [6.45, 7) is 4.20. The van der Waals surface area contributed by atoms with Crippen LogP contribution in [0.3, 0.4) is 0 Å². The van der Waals surface area contributed by atoms with Gasteiger partial charge in [-0.05, 0) is 18.1 Å². The van der Waals surface area contributed by atoms with Crippen molar-refractivity contribution < 1.29 is 0 Å². The zero-order valence-corrected chi connectivity index (χ0v) is 14.8. The summed E-state index contributed by atoms with van der Waals surface area (Å²) in [7, 11) is 3.96. The number of aromatic nitrogens is 4. The second kappa shape index (κ2) is 6.00. The van der Waals surface area contributed by atoms with Crippen molar-refractivity contribution in [2.45, 2.75) is 19.3 Å². The molecule has 0 saturated carbocycles. The van der Waals surface area contributed by atoms with Crippen molar-refractivity contribution in [1.29, 1.82) is 0 Å². The van der Waals surface area contributed by atoms with Crippen LogP contribution in [-0.4, -0.2) is 39.7 Å². The standard InChI is InChI=1S/C18H23N7/c1-4-11-5-13(12-7-20-8-12)21-9-15(11)25(3)16-6-14-17(18(19)23-16)22-10-24(14)2/h5-6,9-10,12,20H,4,7-8H2,1-3H3,(H2,19,23). The molecule has 1 saturated heterocycles. The number of nitrogen functional groups attached to an aromatic ring is 1. The van der Waals surface area contributed by atoms with Crippen LogP contribution >= 0.6 is 0 Å². The molecular weight excluding hydrogens is 314 g/mol. The zero-order valence-electron chi connectivity index (χ0n) is 14.8. The Hall–Kier alpha value is -2.67. The monoisotopic (exact) mass is 337 g/mol. The lowest BCUT2D eigenvalue weighted by atomic mass is 9.96. The number of nitrogens with zero attached hydrogens (tertiary/aromatic N) is 5. The van der Waals surface area contributed by atoms with E-state index in [1.807, 2.05) is 30.9 Å². The fraction of sp³-hybridized carbons (Fsp3) is 0.389. The van der Waals surface area contributed by atoms with E-state index in [4.69, 9.17) is 5.73 Å². The fourth-order valence-electron chi connectivity index (χ4n) is 3.25. The molecule has 3 N–H and O–H groups in total. The Bertz CT molecular complexity index is 927. The van der Waals surface area contributed by atoms with E-state index in [9.17, 15) is 0 Å². The third kappa shape index (κ3) is 2.60. The smallest absolute Gasteiger partial charge is 0.154 e. The van der Waals surface area contributed by atoms with Gasteiger partial charge in [0.2, 0.25) is 0 Å². The lowest BCUT2D eigenvalue weighted by Gasteiger charge is -2.28. The van der Waals surface area contributed by atoms with E-state index in [1.54, 1.807) is 6.33 Å². The van der Waals surface area contributed by atoms with Gasteiger partial charge in [-0.1, -0.05) is 6.92 Å². The molecule has 130 valence electrons. The van der Waals surface area contributed by atoms with Crippen molar-refractivity contribution in [1.82, 2.24) is 24.8 Å². The normalized spacial score (nSPS) is 14.7. The number of nitrogens with two attached hydrogens (primary N) is 1. The number of anilines is 3. The highest BCUT2D eigenvalue weighted by Gasteiger charge is 2.22. The van der Waals surface area contributed by atoms with E-state index in [1.165, 1.54) is 11.3 Å². The molecule has 0 amide bonds. The summed E-state index contributed by atoms with van der Waals surface area (Å²) in [4.78, 5) is 15.6. The molecule has 0 aliphatic carbocycles. The molecule has 3 aromatic rings. The van der Waals surface area contributed by atoms with Gasteiger partial charge in [0.15, 0.2) is 5.82 Å². The first-order chi connectivity index (χ1) is 12.1. The summed E-state index contributed by atoms with van der Waals surface area (Å²) in [6, 6.07) is 4.24. The molecular formula is C18H23N7. The summed E-state index contributed by atoms with van der Waals surface area (Å²) in [6.07, 6.45) is 4.66. The largest absolute Gasteiger partial charge is 0.382 e. The van der Waals surface area contributed by atoms with Crippen molar-refractivity contribution >= 4 is 28.4 Å². The Kier molecular flexibility index (Phi) is 3.80. The maximum Gasteiger partial charge on any atom is 0.154 e. The molecule has 1 fully saturated rings. The third-order valence-electron chi connectivity index (χ3n) is 5.00. The lowest BCUT2D eigenvalue weighted by Crippen LogP contribution is -2.40. The minimum absolute atomic E-state index is 0.447. The molecule has 3 aromatic heterocycles. The fourth-order valence-corrected chi connectivity index (χ4v) is 3.25. The molecule has 0 unspecified atom stereocenters. The van der Waals surface area contributed by atoms with Crippen LogP contribution in [0, 0.1) is 0 Å². The average Bonchev–Trinajstić information content (AvgIpc) is 2.94. The Balaban J connectivity index is 1.75. The highest BCUT2D eigenvalue weighted by molar-refractivity contribution is 5.88. The first-order valence-electron chi connectivity index (χ1n) is 8.59. The number of rotatable bonds is 4. The first-order valence-corrected chi connectivity index (χ1v) is 8.59. The number of hydrogen-bond donors (Lipinski definition) is 2. The predicted molar refractivity (Wildman–Crippen MR) is 100 cm³/mol. The Morgan fingerprint density at radius 1 is 1.32 bits per heavy atom. The molecule has 25 heavy (non-hydrogen) atoms. The molecule has 4 rings (SSSR count). The number of imidazole rings is 1. The van der Waals surface area contributed by atoms with Gasteiger partial charge in [-0.15, -0.1) is 0 Å². The van der Waals surface area contributed by atoms with Gasteiger partial charge in [-0.3, -0.25) is 4.98 Å². The molecule has 0 bridgehead atoms. The summed E-state index contributed by atoms with van der Waals surface area (Å²) in [5.41, 5.74) is 11.3. The molecule has 7 nitrogen and oxygen atoms in total. The Labute approximate surface area is 146 Å². The number of pyridine rings is 2. The lowest BCUT2D eigenvalue weighted by molar-refractivity contribution is 0.439. The third-order valence-corrected chi connectivity index (χ3v) is 5.00. The number of aryl methyl sites for hydroxylation is 2. The van der Waals surface area contributed by atoms with Gasteiger partial charge in [0, 0.05) is 44.9 Å². The van der Waals surface area contributed by atoms with Crippen molar-refractivity contribution in [3.05, 3.63) is 35.9 Å². The summed E-state index contributed by atoms with van der Waals surface area (Å²) in [5, 5.41) is 3.30. The number of nitrogens with one attached hydrogen (secondary N) is 1. The average molecular weight is 337 g/mol. The van der Waals surface area contributed by atoms with Crippen LogP contribution in [0.1, 0.15) is 24.1 Å². The molecule has 4 heterocycles. The van der Waals surface area contributed by atoms with Gasteiger partial charge in [0.1, 0.15) is 11.3 Å². The molecule has 0 radical (unpaired) electrons. The van der Waals surface area contributed by atoms with E-state index >= 15 is 0 Å². The van der Waals surface area contributed by atoms with Gasteiger partial charge in [-0.25, -0.2) is 9.97 Å². The van der Waals surface area contributed by atoms with Gasteiger partial charge >= 0.3 is 0 Å². The number of hydrogen-bond acceptors (Lipinski definition) is 6. The van der Waals surface area contributed by atoms with Crippen molar-refractivity contribution in [3.8, 4) is 0 Å². The van der Waals surface area contributed by atoms with Crippen LogP contribution in [0.25, 0.3) is 11.0 Å². The summed E-state index contributed by atoms with van der Waals surface area (Å²) in [5.74, 6) is 1.77. The van der Waals surface area contributed by atoms with E-state index in [-0.39, 0.29) is 0 Å². The molecule has 0 aromatic carbocycles. The van der Waals surface area contributed by atoms with E-state index in [2.05, 4.69) is 38.2 Å². The van der Waals surface area contributed by atoms with Gasteiger partial charge in [0.05, 0.1) is 23.7 Å². The second-order valence-electron chi connectivity index (χ2n) is 6.59. The maximum absolute atomic E-state index is 6.11. The van der Waals surface area contributed by atoms with Crippen molar-refractivity contribution in [2.24, 2.45) is 7.05 Å². The summed E-state index contributed by atoms with van der Waals surface area (Å²) >= 11 is 0. The van der Waals surface area contributed by atoms with Crippen LogP contribution in [0.2, 0.25) is 0 Å². The molecule has 0 atom stereocenters. The molecule has 1 aliphatic heterocycles. The molecule has 7 heteroatoms. The SMILES string of the molecule is CCc1cc(C2CNC2)ncc1N(C)c1cc2c(ncn2C)c(N)n1. The number of fused-ring (bicyclic) bond motifs is 1. The van der Waals surface area contributed by atoms with E-state index in [0.29, 0.717) is 11.7 Å². The molecule has 0 spiro atoms. The zero-order chi connectivity index (χ0) is 17.6. The van der Waals surface area contributed by atoms with Crippen LogP contribution in [0.5, 0.6) is 0 Å². The van der Waals surface area contributed by atoms with Crippen LogP contribution in [0.15, 0.2) is 24.7 Å². The predicted octanol–water partition coefficient (Wildman–Crippen LogP) is 1.96. The van der Waals surface area contributed by atoms with Gasteiger partial charge in [-0.2, -0.15) is 0 Å². The Morgan fingerprint density at radius 3 is 2.80 bits per heavy atom. The van der Waals surface area contributed by atoms with Crippen LogP contribution in [-0.2, 0) is 13.5 Å². The first kappa shape index (κ1) is 15.8. The quantitative estimate of drug-likeness (QED) is 0.757. The second-order valence-corrected chi connectivity index (χ2v) is 6.59. The maximum atomic E-state index is 6.11. The minimum Gasteiger partial charge on any atom is -0.382 e. The van der Waals surface area contributed by atoms with Crippen molar-refractivity contribution in [2.75, 3.05) is 30.8 Å². The highest BCUT2D eigenvalue weighted by atomic mass is 15.2. The summed E-state index contributed by atoms with van der Waals surface area (Å²) < 4.78 is 1.95. The van der Waals surface area contributed by atoms with Crippen molar-refractivity contribution in [3.63, 3.8) is 0 Å². The van der Waals surface area contributed by atoms with Crippen LogP contribution in [0.4, 0.5) is 17.3 Å². The highest BCUT2D eigenvalue weighted by Crippen LogP contribution is 2.31. The minimum atomic E-state index is 0.447. The topological polar surface area (TPSA) is 84.9 Å². The van der Waals surface area contributed by atoms with E-state index < -0.39 is 0 Å². The van der Waals surface area contributed by atoms with Gasteiger partial charge in [0.25, 0.3) is 0 Å². The van der Waals surface area contributed by atoms with Gasteiger partial charge < -0.3 is 20.5 Å². The Morgan fingerprint density at radius 2 is 2.12 bits per heavy atom.